The summed E-state index contributed by atoms with van der Waals surface area (Å²) in [5.74, 6) is 1.39. The normalized spacial score (nSPS) is 11.4. The zero-order valence-corrected chi connectivity index (χ0v) is 12.1. The van der Waals surface area contributed by atoms with Gasteiger partial charge in [0.15, 0.2) is 5.82 Å². The van der Waals surface area contributed by atoms with E-state index in [0.29, 0.717) is 28.6 Å². The minimum atomic E-state index is 0.430. The van der Waals surface area contributed by atoms with Crippen molar-refractivity contribution < 1.29 is 4.63 Å². The maximum absolute atomic E-state index is 4.81. The van der Waals surface area contributed by atoms with E-state index in [2.05, 4.69) is 37.3 Å². The molecule has 110 valence electrons. The lowest BCUT2D eigenvalue weighted by Crippen LogP contribution is -2.18. The standard InChI is InChI=1S/C14H13N7O/c1-3-20(10-7-5-4-6-8-10)13-14-17-16-9(2)21(14)12-11(15-13)18-22-19-12/h4-8H,3H2,1-2H3. The number of benzene rings is 1. The molecule has 0 saturated heterocycles. The quantitative estimate of drug-likeness (QED) is 0.572. The first-order chi connectivity index (χ1) is 10.8. The number of nitrogens with zero attached hydrogens (tertiary/aromatic N) is 7. The molecule has 0 aliphatic carbocycles. The molecule has 4 aromatic rings. The molecule has 3 aromatic heterocycles. The molecular formula is C14H13N7O. The van der Waals surface area contributed by atoms with Crippen LogP contribution in [-0.2, 0) is 0 Å². The first-order valence-electron chi connectivity index (χ1n) is 6.96. The van der Waals surface area contributed by atoms with Crippen molar-refractivity contribution >= 4 is 28.4 Å². The van der Waals surface area contributed by atoms with Gasteiger partial charge in [0, 0.05) is 12.2 Å². The van der Waals surface area contributed by atoms with Crippen LogP contribution in [0, 0.1) is 6.92 Å². The number of aromatic nitrogens is 6. The fourth-order valence-corrected chi connectivity index (χ4v) is 2.55. The second kappa shape index (κ2) is 4.76. The van der Waals surface area contributed by atoms with Crippen LogP contribution < -0.4 is 4.90 Å². The minimum Gasteiger partial charge on any atom is -0.323 e. The smallest absolute Gasteiger partial charge is 0.244 e. The van der Waals surface area contributed by atoms with Gasteiger partial charge in [0.05, 0.1) is 0 Å². The van der Waals surface area contributed by atoms with Crippen LogP contribution in [-0.4, -0.2) is 36.4 Å². The van der Waals surface area contributed by atoms with Gasteiger partial charge in [0.2, 0.25) is 16.9 Å². The van der Waals surface area contributed by atoms with Crippen molar-refractivity contribution in [3.05, 3.63) is 36.2 Å². The lowest BCUT2D eigenvalue weighted by Gasteiger charge is -2.21. The molecule has 0 N–H and O–H groups in total. The van der Waals surface area contributed by atoms with Gasteiger partial charge in [-0.25, -0.2) is 9.61 Å². The Hall–Kier alpha value is -3.03. The van der Waals surface area contributed by atoms with Gasteiger partial charge in [0.25, 0.3) is 0 Å². The average molecular weight is 295 g/mol. The molecule has 0 aliphatic rings. The number of rotatable bonds is 3. The van der Waals surface area contributed by atoms with Crippen LogP contribution in [0.4, 0.5) is 11.5 Å². The molecule has 1 aromatic carbocycles. The van der Waals surface area contributed by atoms with Gasteiger partial charge < -0.3 is 4.90 Å². The van der Waals surface area contributed by atoms with Gasteiger partial charge in [-0.15, -0.1) is 10.2 Å². The molecule has 22 heavy (non-hydrogen) atoms. The van der Waals surface area contributed by atoms with Crippen LogP contribution in [0.5, 0.6) is 0 Å². The first-order valence-corrected chi connectivity index (χ1v) is 6.96. The fourth-order valence-electron chi connectivity index (χ4n) is 2.55. The fraction of sp³-hybridized carbons (Fsp3) is 0.214. The Balaban J connectivity index is 2.03. The highest BCUT2D eigenvalue weighted by Gasteiger charge is 2.21. The van der Waals surface area contributed by atoms with Crippen molar-refractivity contribution in [1.82, 2.24) is 29.9 Å². The maximum atomic E-state index is 4.81. The van der Waals surface area contributed by atoms with Crippen LogP contribution >= 0.6 is 0 Å². The van der Waals surface area contributed by atoms with Gasteiger partial charge in [-0.2, -0.15) is 0 Å². The lowest BCUT2D eigenvalue weighted by molar-refractivity contribution is 0.313. The average Bonchev–Trinajstić information content (AvgIpc) is 3.15. The van der Waals surface area contributed by atoms with E-state index in [9.17, 15) is 0 Å². The van der Waals surface area contributed by atoms with E-state index in [-0.39, 0.29) is 0 Å². The maximum Gasteiger partial charge on any atom is 0.244 e. The van der Waals surface area contributed by atoms with E-state index in [1.54, 1.807) is 4.40 Å². The molecule has 0 saturated carbocycles. The second-order valence-electron chi connectivity index (χ2n) is 4.83. The summed E-state index contributed by atoms with van der Waals surface area (Å²) in [6.45, 7) is 4.64. The Kier molecular flexibility index (Phi) is 2.75. The Labute approximate surface area is 125 Å². The van der Waals surface area contributed by atoms with Crippen LogP contribution in [0.15, 0.2) is 35.0 Å². The summed E-state index contributed by atoms with van der Waals surface area (Å²) in [6.07, 6.45) is 0. The van der Waals surface area contributed by atoms with Gasteiger partial charge >= 0.3 is 0 Å². The van der Waals surface area contributed by atoms with Crippen LogP contribution in [0.1, 0.15) is 12.7 Å². The molecule has 0 amide bonds. The topological polar surface area (TPSA) is 85.2 Å². The zero-order valence-electron chi connectivity index (χ0n) is 12.1. The Bertz CT molecular complexity index is 944. The van der Waals surface area contributed by atoms with Crippen LogP contribution in [0.2, 0.25) is 0 Å². The summed E-state index contributed by atoms with van der Waals surface area (Å²) in [5, 5.41) is 16.1. The van der Waals surface area contributed by atoms with E-state index in [1.165, 1.54) is 0 Å². The zero-order chi connectivity index (χ0) is 15.1. The van der Waals surface area contributed by atoms with Gasteiger partial charge in [-0.1, -0.05) is 18.2 Å². The van der Waals surface area contributed by atoms with E-state index < -0.39 is 0 Å². The molecule has 0 aliphatic heterocycles. The molecule has 0 atom stereocenters. The van der Waals surface area contributed by atoms with Crippen LogP contribution in [0.3, 0.4) is 0 Å². The lowest BCUT2D eigenvalue weighted by atomic mass is 10.3. The largest absolute Gasteiger partial charge is 0.323 e. The van der Waals surface area contributed by atoms with E-state index in [0.717, 1.165) is 12.2 Å². The number of hydrogen-bond donors (Lipinski definition) is 0. The van der Waals surface area contributed by atoms with Crippen LogP contribution in [0.25, 0.3) is 16.9 Å². The third kappa shape index (κ3) is 1.73. The summed E-state index contributed by atoms with van der Waals surface area (Å²) in [7, 11) is 0. The molecular weight excluding hydrogens is 282 g/mol. The highest BCUT2D eigenvalue weighted by Crippen LogP contribution is 2.28. The van der Waals surface area contributed by atoms with Crippen molar-refractivity contribution in [2.24, 2.45) is 0 Å². The van der Waals surface area contributed by atoms with Gasteiger partial charge in [0.1, 0.15) is 5.82 Å². The first kappa shape index (κ1) is 12.7. The van der Waals surface area contributed by atoms with Crippen molar-refractivity contribution in [3.8, 4) is 0 Å². The third-order valence-electron chi connectivity index (χ3n) is 3.54. The highest BCUT2D eigenvalue weighted by atomic mass is 16.6. The molecule has 0 spiro atoms. The van der Waals surface area contributed by atoms with E-state index >= 15 is 0 Å². The highest BCUT2D eigenvalue weighted by molar-refractivity contribution is 5.80. The number of anilines is 2. The molecule has 8 nitrogen and oxygen atoms in total. The molecule has 0 bridgehead atoms. The van der Waals surface area contributed by atoms with Crippen molar-refractivity contribution in [2.75, 3.05) is 11.4 Å². The predicted molar refractivity (Wildman–Crippen MR) is 80.0 cm³/mol. The molecule has 4 rings (SSSR count). The summed E-state index contributed by atoms with van der Waals surface area (Å²) < 4.78 is 6.62. The molecule has 0 fully saturated rings. The minimum absolute atomic E-state index is 0.430. The van der Waals surface area contributed by atoms with Crippen molar-refractivity contribution in [3.63, 3.8) is 0 Å². The SMILES string of the molecule is CCN(c1ccccc1)c1nc2nonc2n2c(C)nnc12. The summed E-state index contributed by atoms with van der Waals surface area (Å²) in [4.78, 5) is 6.61. The molecule has 3 heterocycles. The van der Waals surface area contributed by atoms with Crippen molar-refractivity contribution in [2.45, 2.75) is 13.8 Å². The number of aryl methyl sites for hydroxylation is 1. The summed E-state index contributed by atoms with van der Waals surface area (Å²) in [6, 6.07) is 10.00. The van der Waals surface area contributed by atoms with Gasteiger partial charge in [-0.05, 0) is 36.3 Å². The monoisotopic (exact) mass is 295 g/mol. The predicted octanol–water partition coefficient (Wildman–Crippen LogP) is 2.13. The van der Waals surface area contributed by atoms with Gasteiger partial charge in [-0.3, -0.25) is 4.40 Å². The summed E-state index contributed by atoms with van der Waals surface area (Å²) >= 11 is 0. The molecule has 0 radical (unpaired) electrons. The van der Waals surface area contributed by atoms with E-state index in [1.807, 2.05) is 37.3 Å². The Morgan fingerprint density at radius 1 is 1.09 bits per heavy atom. The van der Waals surface area contributed by atoms with E-state index in [4.69, 9.17) is 4.63 Å². The van der Waals surface area contributed by atoms with Crippen molar-refractivity contribution in [1.29, 1.82) is 0 Å². The number of hydrogen-bond acceptors (Lipinski definition) is 7. The Morgan fingerprint density at radius 2 is 1.91 bits per heavy atom. The number of fused-ring (bicyclic) bond motifs is 3. The number of para-hydroxylation sites is 1. The summed E-state index contributed by atoms with van der Waals surface area (Å²) in [5.41, 5.74) is 2.60. The second-order valence-corrected chi connectivity index (χ2v) is 4.83. The molecule has 0 unspecified atom stereocenters. The Morgan fingerprint density at radius 3 is 2.68 bits per heavy atom. The third-order valence-corrected chi connectivity index (χ3v) is 3.54. The molecule has 8 heteroatoms.